The number of aromatic nitrogens is 2. The van der Waals surface area contributed by atoms with Crippen LogP contribution in [0.5, 0.6) is 0 Å². The molecule has 0 fully saturated rings. The third-order valence-electron chi connectivity index (χ3n) is 3.17. The van der Waals surface area contributed by atoms with Gasteiger partial charge in [-0.05, 0) is 19.1 Å². The predicted octanol–water partition coefficient (Wildman–Crippen LogP) is 2.41. The number of hydrogen-bond acceptors (Lipinski definition) is 5. The van der Waals surface area contributed by atoms with E-state index in [-0.39, 0.29) is 10.6 Å². The lowest BCUT2D eigenvalue weighted by Gasteiger charge is -2.10. The highest BCUT2D eigenvalue weighted by atomic mass is 16.6. The monoisotopic (exact) mass is 289 g/mol. The number of aryl methyl sites for hydroxylation is 1. The molecule has 1 aromatic heterocycles. The first kappa shape index (κ1) is 14.8. The molecule has 0 amide bonds. The van der Waals surface area contributed by atoms with Crippen molar-refractivity contribution < 1.29 is 4.92 Å². The van der Waals surface area contributed by atoms with Crippen molar-refractivity contribution in [2.45, 2.75) is 13.3 Å². The summed E-state index contributed by atoms with van der Waals surface area (Å²) in [7, 11) is 1.93. The maximum atomic E-state index is 11.3. The van der Waals surface area contributed by atoms with Crippen LogP contribution in [0.4, 0.5) is 17.1 Å². The third-order valence-corrected chi connectivity index (χ3v) is 3.17. The van der Waals surface area contributed by atoms with Gasteiger partial charge in [0.25, 0.3) is 0 Å². The fourth-order valence-corrected chi connectivity index (χ4v) is 2.16. The number of hydrogen-bond donors (Lipinski definition) is 2. The van der Waals surface area contributed by atoms with Crippen molar-refractivity contribution in [3.8, 4) is 0 Å². The summed E-state index contributed by atoms with van der Waals surface area (Å²) in [5, 5.41) is 17.4. The maximum absolute atomic E-state index is 11.3. The van der Waals surface area contributed by atoms with E-state index in [1.807, 2.05) is 24.7 Å². The van der Waals surface area contributed by atoms with Crippen molar-refractivity contribution in [3.63, 3.8) is 0 Å². The van der Waals surface area contributed by atoms with Crippen molar-refractivity contribution in [3.05, 3.63) is 46.5 Å². The van der Waals surface area contributed by atoms with Gasteiger partial charge in [-0.1, -0.05) is 6.07 Å². The van der Waals surface area contributed by atoms with E-state index in [1.165, 1.54) is 0 Å². The van der Waals surface area contributed by atoms with E-state index in [9.17, 15) is 10.1 Å². The molecule has 2 rings (SSSR count). The van der Waals surface area contributed by atoms with E-state index >= 15 is 0 Å². The van der Waals surface area contributed by atoms with E-state index < -0.39 is 0 Å². The molecule has 0 unspecified atom stereocenters. The number of nitrogens with zero attached hydrogens (tertiary/aromatic N) is 3. The van der Waals surface area contributed by atoms with Crippen molar-refractivity contribution in [2.75, 3.05) is 23.7 Å². The Morgan fingerprint density at radius 1 is 1.33 bits per heavy atom. The van der Waals surface area contributed by atoms with Gasteiger partial charge in [-0.3, -0.25) is 10.1 Å². The van der Waals surface area contributed by atoms with Crippen molar-refractivity contribution in [1.82, 2.24) is 9.55 Å². The van der Waals surface area contributed by atoms with Gasteiger partial charge in [0, 0.05) is 39.0 Å². The molecule has 1 aromatic carbocycles. The highest BCUT2D eigenvalue weighted by molar-refractivity contribution is 5.76. The smallest absolute Gasteiger partial charge is 0.315 e. The minimum absolute atomic E-state index is 0.0826. The van der Waals surface area contributed by atoms with Crippen molar-refractivity contribution >= 4 is 17.1 Å². The molecule has 2 aromatic rings. The summed E-state index contributed by atoms with van der Waals surface area (Å²) in [6, 6.07) is 5.23. The number of benzene rings is 1. The number of anilines is 2. The Kier molecular flexibility index (Phi) is 4.76. The molecule has 0 saturated carbocycles. The molecule has 7 nitrogen and oxygen atoms in total. The Labute approximate surface area is 123 Å². The van der Waals surface area contributed by atoms with Crippen LogP contribution in [0.1, 0.15) is 12.7 Å². The lowest BCUT2D eigenvalue weighted by Crippen LogP contribution is -2.11. The van der Waals surface area contributed by atoms with E-state index in [4.69, 9.17) is 0 Å². The Bertz CT molecular complexity index is 624. The van der Waals surface area contributed by atoms with Crippen LogP contribution < -0.4 is 10.6 Å². The molecule has 7 heteroatoms. The van der Waals surface area contributed by atoms with Gasteiger partial charge in [-0.2, -0.15) is 0 Å². The van der Waals surface area contributed by atoms with Gasteiger partial charge < -0.3 is 15.2 Å². The maximum Gasteiger partial charge on any atom is 0.315 e. The highest BCUT2D eigenvalue weighted by Gasteiger charge is 2.18. The fourth-order valence-electron chi connectivity index (χ4n) is 2.16. The Morgan fingerprint density at radius 2 is 2.05 bits per heavy atom. The fraction of sp³-hybridized carbons (Fsp3) is 0.357. The molecular weight excluding hydrogens is 270 g/mol. The normalized spacial score (nSPS) is 10.4. The summed E-state index contributed by atoms with van der Waals surface area (Å²) in [4.78, 5) is 15.1. The molecule has 0 aliphatic heterocycles. The lowest BCUT2D eigenvalue weighted by atomic mass is 10.2. The van der Waals surface area contributed by atoms with E-state index in [2.05, 4.69) is 15.6 Å². The molecule has 21 heavy (non-hydrogen) atoms. The number of nitrogens with one attached hydrogen (secondary N) is 2. The van der Waals surface area contributed by atoms with Gasteiger partial charge in [-0.15, -0.1) is 0 Å². The SMILES string of the molecule is CCNc1cccc(NCCc2nccn2C)c1[N+](=O)[O-]. The second-order valence-electron chi connectivity index (χ2n) is 4.62. The van der Waals surface area contributed by atoms with Crippen LogP contribution in [0, 0.1) is 10.1 Å². The third kappa shape index (κ3) is 3.50. The number of nitro groups is 1. The molecule has 0 bridgehead atoms. The minimum atomic E-state index is -0.360. The van der Waals surface area contributed by atoms with Crippen LogP contribution in [0.25, 0.3) is 0 Å². The van der Waals surface area contributed by atoms with Crippen molar-refractivity contribution in [2.24, 2.45) is 7.05 Å². The molecule has 0 spiro atoms. The van der Waals surface area contributed by atoms with E-state index in [1.54, 1.807) is 24.4 Å². The summed E-state index contributed by atoms with van der Waals surface area (Å²) in [6.45, 7) is 3.13. The zero-order chi connectivity index (χ0) is 15.2. The molecule has 2 N–H and O–H groups in total. The highest BCUT2D eigenvalue weighted by Crippen LogP contribution is 2.32. The largest absolute Gasteiger partial charge is 0.380 e. The molecule has 0 aliphatic rings. The van der Waals surface area contributed by atoms with Crippen LogP contribution in [0.15, 0.2) is 30.6 Å². The molecule has 1 heterocycles. The quantitative estimate of drug-likeness (QED) is 0.604. The lowest BCUT2D eigenvalue weighted by molar-refractivity contribution is -0.383. The number of rotatable bonds is 7. The molecule has 0 atom stereocenters. The molecular formula is C14H19N5O2. The van der Waals surface area contributed by atoms with E-state index in [0.29, 0.717) is 30.9 Å². The zero-order valence-corrected chi connectivity index (χ0v) is 12.2. The Balaban J connectivity index is 2.10. The van der Waals surface area contributed by atoms with Gasteiger partial charge in [-0.25, -0.2) is 4.98 Å². The second-order valence-corrected chi connectivity index (χ2v) is 4.62. The summed E-state index contributed by atoms with van der Waals surface area (Å²) in [6.07, 6.45) is 4.32. The van der Waals surface area contributed by atoms with Gasteiger partial charge in [0.15, 0.2) is 0 Å². The van der Waals surface area contributed by atoms with Gasteiger partial charge >= 0.3 is 5.69 Å². The number of para-hydroxylation sites is 1. The second kappa shape index (κ2) is 6.74. The van der Waals surface area contributed by atoms with Gasteiger partial charge in [0.2, 0.25) is 0 Å². The van der Waals surface area contributed by atoms with Crippen molar-refractivity contribution in [1.29, 1.82) is 0 Å². The van der Waals surface area contributed by atoms with Gasteiger partial charge in [0.05, 0.1) is 4.92 Å². The molecule has 0 radical (unpaired) electrons. The summed E-state index contributed by atoms with van der Waals surface area (Å²) >= 11 is 0. The number of nitro benzene ring substituents is 1. The minimum Gasteiger partial charge on any atom is -0.380 e. The molecule has 0 aliphatic carbocycles. The Hall–Kier alpha value is -2.57. The first-order valence-corrected chi connectivity index (χ1v) is 6.84. The van der Waals surface area contributed by atoms with Crippen LogP contribution in [-0.2, 0) is 13.5 Å². The van der Waals surface area contributed by atoms with E-state index in [0.717, 1.165) is 5.82 Å². The first-order chi connectivity index (χ1) is 10.1. The Morgan fingerprint density at radius 3 is 2.62 bits per heavy atom. The zero-order valence-electron chi connectivity index (χ0n) is 12.2. The topological polar surface area (TPSA) is 85.0 Å². The summed E-state index contributed by atoms with van der Waals surface area (Å²) in [5.41, 5.74) is 1.14. The summed E-state index contributed by atoms with van der Waals surface area (Å²) in [5.74, 6) is 0.938. The average Bonchev–Trinajstić information content (AvgIpc) is 2.85. The molecule has 112 valence electrons. The number of imidazole rings is 1. The molecule has 0 saturated heterocycles. The van der Waals surface area contributed by atoms with Crippen LogP contribution >= 0.6 is 0 Å². The standard InChI is InChI=1S/C14H19N5O2/c1-3-15-11-5-4-6-12(14(11)19(20)21)16-8-7-13-17-9-10-18(13)2/h4-6,9-10,15-16H,3,7-8H2,1-2H3. The average molecular weight is 289 g/mol. The van der Waals surface area contributed by atoms with Crippen LogP contribution in [0.3, 0.4) is 0 Å². The summed E-state index contributed by atoms with van der Waals surface area (Å²) < 4.78 is 1.94. The predicted molar refractivity (Wildman–Crippen MR) is 82.7 cm³/mol. The van der Waals surface area contributed by atoms with Crippen LogP contribution in [0.2, 0.25) is 0 Å². The first-order valence-electron chi connectivity index (χ1n) is 6.84. The van der Waals surface area contributed by atoms with Gasteiger partial charge in [0.1, 0.15) is 17.2 Å². The van der Waals surface area contributed by atoms with Crippen LogP contribution in [-0.4, -0.2) is 27.6 Å².